The van der Waals surface area contributed by atoms with Crippen LogP contribution in [0.5, 0.6) is 0 Å². The van der Waals surface area contributed by atoms with Gasteiger partial charge in [-0.05, 0) is 93.2 Å². The van der Waals surface area contributed by atoms with E-state index in [1.54, 1.807) is 0 Å². The van der Waals surface area contributed by atoms with Crippen molar-refractivity contribution in [1.29, 1.82) is 0 Å². The van der Waals surface area contributed by atoms with Gasteiger partial charge >= 0.3 is 0 Å². The minimum Gasteiger partial charge on any atom is -0.455 e. The molecule has 2 aromatic heterocycles. The highest BCUT2D eigenvalue weighted by Crippen LogP contribution is 2.46. The van der Waals surface area contributed by atoms with Gasteiger partial charge < -0.3 is 13.9 Å². The van der Waals surface area contributed by atoms with E-state index >= 15 is 0 Å². The first-order valence-corrected chi connectivity index (χ1v) is 22.9. The van der Waals surface area contributed by atoms with Gasteiger partial charge in [-0.25, -0.2) is 0 Å². The molecule has 0 unspecified atom stereocenters. The van der Waals surface area contributed by atoms with E-state index in [1.807, 2.05) is 6.07 Å². The molecule has 2 heterocycles. The fourth-order valence-corrected chi connectivity index (χ4v) is 10.3. The second-order valence-electron chi connectivity index (χ2n) is 17.2. The molecule has 0 aliphatic rings. The molecule has 13 rings (SSSR count). The molecule has 0 atom stereocenters. The highest BCUT2D eigenvalue weighted by Gasteiger charge is 2.22. The van der Waals surface area contributed by atoms with Gasteiger partial charge in [-0.1, -0.05) is 200 Å². The van der Waals surface area contributed by atoms with Gasteiger partial charge in [-0.2, -0.15) is 0 Å². The Labute approximate surface area is 388 Å². The summed E-state index contributed by atoms with van der Waals surface area (Å²) in [7, 11) is 0. The summed E-state index contributed by atoms with van der Waals surface area (Å²) in [5.74, 6) is 0. The van der Waals surface area contributed by atoms with Gasteiger partial charge in [0, 0.05) is 49.6 Å². The lowest BCUT2D eigenvalue weighted by molar-refractivity contribution is 0.670. The van der Waals surface area contributed by atoms with E-state index in [0.717, 1.165) is 83.6 Å². The van der Waals surface area contributed by atoms with Gasteiger partial charge in [0.1, 0.15) is 11.2 Å². The largest absolute Gasteiger partial charge is 0.455 e. The molecule has 11 aromatic carbocycles. The molecule has 0 aliphatic heterocycles. The predicted molar refractivity (Wildman–Crippen MR) is 282 cm³/mol. The van der Waals surface area contributed by atoms with Crippen molar-refractivity contribution in [1.82, 2.24) is 4.57 Å². The molecule has 0 amide bonds. The van der Waals surface area contributed by atoms with Gasteiger partial charge in [0.25, 0.3) is 0 Å². The van der Waals surface area contributed by atoms with Crippen LogP contribution in [0, 0.1) is 0 Å². The minimum absolute atomic E-state index is 0.889. The third-order valence-electron chi connectivity index (χ3n) is 13.4. The SMILES string of the molecule is c1ccc(-c2ccc(-c3cccc4ccccc34)cc2N(c2ccc(-c3ccccc3-n3c4ccccc4c4ccccc43)cc2)c2cccc(-c3cccc4c3oc3ccccc34)c2)cc1. The van der Waals surface area contributed by atoms with Crippen molar-refractivity contribution >= 4 is 71.6 Å². The zero-order valence-electron chi connectivity index (χ0n) is 36.6. The zero-order valence-corrected chi connectivity index (χ0v) is 36.6. The number of nitrogens with zero attached hydrogens (tertiary/aromatic N) is 2. The Hall–Kier alpha value is -8.92. The summed E-state index contributed by atoms with van der Waals surface area (Å²) in [6, 6.07) is 92.0. The highest BCUT2D eigenvalue weighted by molar-refractivity contribution is 6.11. The maximum atomic E-state index is 6.61. The van der Waals surface area contributed by atoms with Crippen LogP contribution in [-0.4, -0.2) is 4.57 Å². The molecule has 0 saturated carbocycles. The number of hydrogen-bond donors (Lipinski definition) is 0. The second-order valence-corrected chi connectivity index (χ2v) is 17.2. The lowest BCUT2D eigenvalue weighted by Crippen LogP contribution is -2.11. The van der Waals surface area contributed by atoms with Crippen LogP contribution in [0.4, 0.5) is 17.1 Å². The number of furan rings is 1. The van der Waals surface area contributed by atoms with E-state index in [9.17, 15) is 0 Å². The van der Waals surface area contributed by atoms with Crippen molar-refractivity contribution in [2.24, 2.45) is 0 Å². The van der Waals surface area contributed by atoms with Gasteiger partial charge in [0.15, 0.2) is 0 Å². The van der Waals surface area contributed by atoms with Crippen molar-refractivity contribution in [2.45, 2.75) is 0 Å². The molecule has 0 bridgehead atoms. The van der Waals surface area contributed by atoms with Crippen LogP contribution in [0.3, 0.4) is 0 Å². The summed E-state index contributed by atoms with van der Waals surface area (Å²) in [5, 5.41) is 7.17. The number of anilines is 3. The summed E-state index contributed by atoms with van der Waals surface area (Å²) < 4.78 is 9.02. The van der Waals surface area contributed by atoms with Crippen molar-refractivity contribution < 1.29 is 4.42 Å². The van der Waals surface area contributed by atoms with E-state index in [4.69, 9.17) is 4.42 Å². The lowest BCUT2D eigenvalue weighted by atomic mass is 9.93. The smallest absolute Gasteiger partial charge is 0.143 e. The molecular formula is C64H42N2O. The summed E-state index contributed by atoms with van der Waals surface area (Å²) in [5.41, 5.74) is 17.5. The van der Waals surface area contributed by atoms with Gasteiger partial charge in [-0.15, -0.1) is 0 Å². The molecular weight excluding hydrogens is 813 g/mol. The minimum atomic E-state index is 0.889. The van der Waals surface area contributed by atoms with E-state index in [-0.39, 0.29) is 0 Å². The second kappa shape index (κ2) is 16.0. The highest BCUT2D eigenvalue weighted by atomic mass is 16.3. The third kappa shape index (κ3) is 6.51. The number of hydrogen-bond acceptors (Lipinski definition) is 2. The molecule has 67 heavy (non-hydrogen) atoms. The van der Waals surface area contributed by atoms with Crippen LogP contribution < -0.4 is 4.90 Å². The Balaban J connectivity index is 1.02. The Kier molecular flexibility index (Phi) is 9.17. The number of aromatic nitrogens is 1. The lowest BCUT2D eigenvalue weighted by Gasteiger charge is -2.29. The molecule has 13 aromatic rings. The molecule has 0 N–H and O–H groups in total. The zero-order chi connectivity index (χ0) is 44.3. The average Bonchev–Trinajstić information content (AvgIpc) is 3.95. The normalized spacial score (nSPS) is 11.6. The molecule has 0 aliphatic carbocycles. The Morgan fingerprint density at radius 1 is 0.313 bits per heavy atom. The summed E-state index contributed by atoms with van der Waals surface area (Å²) in [4.78, 5) is 2.43. The molecule has 0 fully saturated rings. The van der Waals surface area contributed by atoms with E-state index in [1.165, 1.54) is 38.1 Å². The number of fused-ring (bicyclic) bond motifs is 7. The van der Waals surface area contributed by atoms with Crippen LogP contribution in [0.15, 0.2) is 259 Å². The van der Waals surface area contributed by atoms with Crippen molar-refractivity contribution in [3.63, 3.8) is 0 Å². The van der Waals surface area contributed by atoms with Crippen molar-refractivity contribution in [3.05, 3.63) is 255 Å². The Morgan fingerprint density at radius 3 is 1.69 bits per heavy atom. The third-order valence-corrected chi connectivity index (χ3v) is 13.4. The topological polar surface area (TPSA) is 21.3 Å². The first kappa shape index (κ1) is 38.5. The molecule has 0 spiro atoms. The average molecular weight is 855 g/mol. The Morgan fingerprint density at radius 2 is 0.866 bits per heavy atom. The van der Waals surface area contributed by atoms with Gasteiger partial charge in [0.2, 0.25) is 0 Å². The maximum Gasteiger partial charge on any atom is 0.143 e. The van der Waals surface area contributed by atoms with Gasteiger partial charge in [0.05, 0.1) is 22.4 Å². The van der Waals surface area contributed by atoms with Crippen molar-refractivity contribution in [2.75, 3.05) is 4.90 Å². The first-order chi connectivity index (χ1) is 33.2. The van der Waals surface area contributed by atoms with Crippen molar-refractivity contribution in [3.8, 4) is 50.2 Å². The van der Waals surface area contributed by atoms with E-state index in [0.29, 0.717) is 0 Å². The molecule has 0 radical (unpaired) electrons. The van der Waals surface area contributed by atoms with Crippen LogP contribution in [0.25, 0.3) is 105 Å². The molecule has 3 nitrogen and oxygen atoms in total. The molecule has 314 valence electrons. The predicted octanol–water partition coefficient (Wildman–Crippen LogP) is 18.0. The summed E-state index contributed by atoms with van der Waals surface area (Å²) in [6.45, 7) is 0. The standard InChI is InChI=1S/C64H42N2O/c1-2-17-44(18-3-1)53-40-37-47(51-28-15-20-43-19-4-5-23-50(43)51)42-62(53)65(49-22-14-21-46(41-49)54-29-16-30-58-57-27-9-13-34-63(57)67-64(54)58)48-38-35-45(36-39-48)52-24-6-10-31-59(52)66-60-32-11-7-25-55(60)56-26-8-12-33-61(56)66/h1-42H. The maximum absolute atomic E-state index is 6.61. The number of rotatable bonds is 8. The van der Waals surface area contributed by atoms with Crippen LogP contribution >= 0.6 is 0 Å². The van der Waals surface area contributed by atoms with Gasteiger partial charge in [-0.3, -0.25) is 0 Å². The molecule has 0 saturated heterocycles. The first-order valence-electron chi connectivity index (χ1n) is 22.9. The summed E-state index contributed by atoms with van der Waals surface area (Å²) in [6.07, 6.45) is 0. The number of benzene rings is 11. The Bertz CT molecular complexity index is 3930. The van der Waals surface area contributed by atoms with E-state index < -0.39 is 0 Å². The monoisotopic (exact) mass is 854 g/mol. The summed E-state index contributed by atoms with van der Waals surface area (Å²) >= 11 is 0. The quantitative estimate of drug-likeness (QED) is 0.152. The van der Waals surface area contributed by atoms with Crippen LogP contribution in [0.1, 0.15) is 0 Å². The fourth-order valence-electron chi connectivity index (χ4n) is 10.3. The van der Waals surface area contributed by atoms with Crippen LogP contribution in [-0.2, 0) is 0 Å². The van der Waals surface area contributed by atoms with Crippen LogP contribution in [0.2, 0.25) is 0 Å². The molecule has 3 heteroatoms. The fraction of sp³-hybridized carbons (Fsp3) is 0. The number of para-hydroxylation sites is 5. The van der Waals surface area contributed by atoms with E-state index in [2.05, 4.69) is 258 Å².